The molecule has 1 N–H and O–H groups in total. The highest BCUT2D eigenvalue weighted by atomic mass is 16.3. The molecule has 0 aliphatic heterocycles. The van der Waals surface area contributed by atoms with Gasteiger partial charge in [0, 0.05) is 13.1 Å². The second kappa shape index (κ2) is 7.66. The summed E-state index contributed by atoms with van der Waals surface area (Å²) in [6, 6.07) is 8.40. The molecule has 0 aliphatic carbocycles. The fraction of sp³-hybridized carbons (Fsp3) is 0.647. The predicted octanol–water partition coefficient (Wildman–Crippen LogP) is 3.51. The molecule has 0 bridgehead atoms. The topological polar surface area (TPSA) is 23.5 Å². The van der Waals surface area contributed by atoms with Gasteiger partial charge in [0.25, 0.3) is 0 Å². The lowest BCUT2D eigenvalue weighted by Gasteiger charge is -2.22. The molecule has 19 heavy (non-hydrogen) atoms. The van der Waals surface area contributed by atoms with Crippen molar-refractivity contribution in [2.75, 3.05) is 20.1 Å². The van der Waals surface area contributed by atoms with Crippen molar-refractivity contribution in [3.05, 3.63) is 35.4 Å². The second-order valence-electron chi connectivity index (χ2n) is 6.47. The Balaban J connectivity index is 2.55. The van der Waals surface area contributed by atoms with Gasteiger partial charge in [0.15, 0.2) is 0 Å². The Morgan fingerprint density at radius 2 is 1.53 bits per heavy atom. The van der Waals surface area contributed by atoms with E-state index >= 15 is 0 Å². The molecular weight excluding hydrogens is 234 g/mol. The quantitative estimate of drug-likeness (QED) is 0.814. The van der Waals surface area contributed by atoms with Crippen molar-refractivity contribution in [2.45, 2.75) is 40.2 Å². The van der Waals surface area contributed by atoms with E-state index in [0.717, 1.165) is 18.5 Å². The Bertz CT molecular complexity index is 356. The molecule has 1 unspecified atom stereocenters. The third-order valence-corrected chi connectivity index (χ3v) is 3.17. The van der Waals surface area contributed by atoms with E-state index in [2.05, 4.69) is 63.9 Å². The van der Waals surface area contributed by atoms with Crippen LogP contribution in [0.25, 0.3) is 0 Å². The molecule has 0 aromatic heterocycles. The average molecular weight is 263 g/mol. The van der Waals surface area contributed by atoms with Gasteiger partial charge >= 0.3 is 0 Å². The van der Waals surface area contributed by atoms with Gasteiger partial charge in [-0.2, -0.15) is 0 Å². The Labute approximate surface area is 118 Å². The number of hydrogen-bond acceptors (Lipinski definition) is 2. The van der Waals surface area contributed by atoms with Crippen molar-refractivity contribution in [3.63, 3.8) is 0 Å². The normalized spacial score (nSPS) is 13.5. The summed E-state index contributed by atoms with van der Waals surface area (Å²) in [6.07, 6.45) is 0.709. The van der Waals surface area contributed by atoms with Crippen LogP contribution in [0.5, 0.6) is 0 Å². The molecule has 1 aromatic rings. The van der Waals surface area contributed by atoms with E-state index in [1.807, 2.05) is 0 Å². The molecule has 108 valence electrons. The summed E-state index contributed by atoms with van der Waals surface area (Å²) < 4.78 is 0. The van der Waals surface area contributed by atoms with Crippen molar-refractivity contribution >= 4 is 0 Å². The average Bonchev–Trinajstić information content (AvgIpc) is 2.27. The highest BCUT2D eigenvalue weighted by molar-refractivity contribution is 5.24. The molecule has 0 amide bonds. The highest BCUT2D eigenvalue weighted by Gasteiger charge is 2.11. The maximum atomic E-state index is 10.2. The minimum absolute atomic E-state index is 0.392. The largest absolute Gasteiger partial charge is 0.387 e. The molecular formula is C17H29NO. The van der Waals surface area contributed by atoms with Gasteiger partial charge in [-0.1, -0.05) is 52.0 Å². The van der Waals surface area contributed by atoms with E-state index in [0.29, 0.717) is 18.4 Å². The number of benzene rings is 1. The lowest BCUT2D eigenvalue weighted by atomic mass is 10.00. The smallest absolute Gasteiger partial charge is 0.0916 e. The van der Waals surface area contributed by atoms with Gasteiger partial charge < -0.3 is 10.0 Å². The molecule has 0 spiro atoms. The van der Waals surface area contributed by atoms with Crippen LogP contribution in [0.3, 0.4) is 0 Å². The number of likely N-dealkylation sites (N-methyl/N-ethyl adjacent to an activating group) is 1. The van der Waals surface area contributed by atoms with Crippen LogP contribution >= 0.6 is 0 Å². The van der Waals surface area contributed by atoms with Crippen LogP contribution in [-0.4, -0.2) is 30.1 Å². The third-order valence-electron chi connectivity index (χ3n) is 3.17. The Kier molecular flexibility index (Phi) is 6.53. The molecule has 0 aliphatic rings. The Morgan fingerprint density at radius 3 is 2.00 bits per heavy atom. The molecule has 0 radical (unpaired) electrons. The molecule has 0 saturated heterocycles. The van der Waals surface area contributed by atoms with Crippen LogP contribution in [-0.2, 0) is 6.42 Å². The summed E-state index contributed by atoms with van der Waals surface area (Å²) in [5.41, 5.74) is 2.37. The monoisotopic (exact) mass is 263 g/mol. The van der Waals surface area contributed by atoms with Crippen molar-refractivity contribution < 1.29 is 5.11 Å². The molecule has 0 saturated carbocycles. The molecule has 2 heteroatoms. The van der Waals surface area contributed by atoms with Gasteiger partial charge in [-0.3, -0.25) is 0 Å². The Morgan fingerprint density at radius 1 is 0.947 bits per heavy atom. The number of aliphatic hydroxyl groups is 1. The number of rotatable bonds is 7. The zero-order valence-electron chi connectivity index (χ0n) is 13.1. The summed E-state index contributed by atoms with van der Waals surface area (Å²) in [7, 11) is 2.07. The van der Waals surface area contributed by atoms with E-state index in [-0.39, 0.29) is 0 Å². The number of hydrogen-bond donors (Lipinski definition) is 1. The number of aliphatic hydroxyl groups excluding tert-OH is 1. The maximum Gasteiger partial charge on any atom is 0.0916 e. The molecule has 1 aromatic carbocycles. The van der Waals surface area contributed by atoms with Crippen molar-refractivity contribution in [1.82, 2.24) is 4.90 Å². The van der Waals surface area contributed by atoms with E-state index in [1.54, 1.807) is 0 Å². The fourth-order valence-corrected chi connectivity index (χ4v) is 2.45. The predicted molar refractivity (Wildman–Crippen MR) is 82.3 cm³/mol. The summed E-state index contributed by atoms with van der Waals surface area (Å²) in [5, 5.41) is 10.2. The summed E-state index contributed by atoms with van der Waals surface area (Å²) in [4.78, 5) is 2.19. The van der Waals surface area contributed by atoms with Crippen LogP contribution in [0.4, 0.5) is 0 Å². The highest BCUT2D eigenvalue weighted by Crippen LogP contribution is 2.17. The van der Waals surface area contributed by atoms with Crippen LogP contribution < -0.4 is 0 Å². The first-order chi connectivity index (χ1) is 8.88. The third kappa shape index (κ3) is 6.22. The van der Waals surface area contributed by atoms with Gasteiger partial charge in [-0.05, 0) is 36.4 Å². The van der Waals surface area contributed by atoms with E-state index in [1.165, 1.54) is 5.56 Å². The number of nitrogens with zero attached hydrogens (tertiary/aromatic N) is 1. The van der Waals surface area contributed by atoms with Gasteiger partial charge in [-0.25, -0.2) is 0 Å². The summed E-state index contributed by atoms with van der Waals surface area (Å²) in [6.45, 7) is 10.6. The molecule has 2 nitrogen and oxygen atoms in total. The first-order valence-corrected chi connectivity index (χ1v) is 7.34. The van der Waals surface area contributed by atoms with E-state index < -0.39 is 6.10 Å². The van der Waals surface area contributed by atoms with E-state index in [4.69, 9.17) is 0 Å². The van der Waals surface area contributed by atoms with Crippen LogP contribution in [0.2, 0.25) is 0 Å². The lowest BCUT2D eigenvalue weighted by molar-refractivity contribution is 0.121. The summed E-state index contributed by atoms with van der Waals surface area (Å²) >= 11 is 0. The van der Waals surface area contributed by atoms with Crippen LogP contribution in [0.1, 0.15) is 44.9 Å². The van der Waals surface area contributed by atoms with E-state index in [9.17, 15) is 5.11 Å². The van der Waals surface area contributed by atoms with Gasteiger partial charge in [-0.15, -0.1) is 0 Å². The fourth-order valence-electron chi connectivity index (χ4n) is 2.45. The minimum atomic E-state index is -0.392. The first-order valence-electron chi connectivity index (χ1n) is 7.34. The zero-order chi connectivity index (χ0) is 14.4. The molecule has 1 rings (SSSR count). The SMILES string of the molecule is CC(C)Cc1ccc(C(O)CN(C)CC(C)C)cc1. The molecule has 0 fully saturated rings. The first kappa shape index (κ1) is 16.2. The Hall–Kier alpha value is -0.860. The van der Waals surface area contributed by atoms with Gasteiger partial charge in [0.1, 0.15) is 0 Å². The minimum Gasteiger partial charge on any atom is -0.387 e. The van der Waals surface area contributed by atoms with Gasteiger partial charge in [0.2, 0.25) is 0 Å². The van der Waals surface area contributed by atoms with Crippen molar-refractivity contribution in [2.24, 2.45) is 11.8 Å². The van der Waals surface area contributed by atoms with Crippen LogP contribution in [0, 0.1) is 11.8 Å². The molecule has 1 atom stereocenters. The lowest BCUT2D eigenvalue weighted by Crippen LogP contribution is -2.28. The molecule has 0 heterocycles. The van der Waals surface area contributed by atoms with Gasteiger partial charge in [0.05, 0.1) is 6.10 Å². The van der Waals surface area contributed by atoms with Crippen molar-refractivity contribution in [3.8, 4) is 0 Å². The second-order valence-corrected chi connectivity index (χ2v) is 6.47. The standard InChI is InChI=1S/C17H29NO/c1-13(2)10-15-6-8-16(9-7-15)17(19)12-18(5)11-14(3)4/h6-9,13-14,17,19H,10-12H2,1-5H3. The zero-order valence-corrected chi connectivity index (χ0v) is 13.1. The maximum absolute atomic E-state index is 10.2. The van der Waals surface area contributed by atoms with Crippen molar-refractivity contribution in [1.29, 1.82) is 0 Å². The van der Waals surface area contributed by atoms with Crippen LogP contribution in [0.15, 0.2) is 24.3 Å². The summed E-state index contributed by atoms with van der Waals surface area (Å²) in [5.74, 6) is 1.30.